The molecule has 7 rings (SSSR count). The summed E-state index contributed by atoms with van der Waals surface area (Å²) in [6.07, 6.45) is 6.92. The van der Waals surface area contributed by atoms with Crippen LogP contribution in [-0.2, 0) is 4.79 Å². The monoisotopic (exact) mass is 590 g/mol. The van der Waals surface area contributed by atoms with E-state index in [4.69, 9.17) is 15.5 Å². The van der Waals surface area contributed by atoms with Gasteiger partial charge in [0.25, 0.3) is 0 Å². The first-order chi connectivity index (χ1) is 20.8. The molecule has 2 N–H and O–H groups in total. The number of amides is 1. The van der Waals surface area contributed by atoms with Gasteiger partial charge in [-0.3, -0.25) is 14.7 Å². The summed E-state index contributed by atoms with van der Waals surface area (Å²) in [5.74, 6) is 0.285. The third-order valence-electron chi connectivity index (χ3n) is 9.60. The second-order valence-electron chi connectivity index (χ2n) is 12.4. The maximum Gasteiger partial charge on any atom is 0.319 e. The van der Waals surface area contributed by atoms with Gasteiger partial charge in [0.05, 0.1) is 16.6 Å². The predicted molar refractivity (Wildman–Crippen MR) is 159 cm³/mol. The Morgan fingerprint density at radius 3 is 2.84 bits per heavy atom. The van der Waals surface area contributed by atoms with Crippen LogP contribution in [0.4, 0.5) is 20.4 Å². The Hall–Kier alpha value is -3.93. The summed E-state index contributed by atoms with van der Waals surface area (Å²) in [4.78, 5) is 36.4. The smallest absolute Gasteiger partial charge is 0.319 e. The molecule has 0 unspecified atom stereocenters. The van der Waals surface area contributed by atoms with Crippen molar-refractivity contribution in [3.8, 4) is 17.4 Å². The minimum absolute atomic E-state index is 0.0221. The number of hydrogen-bond acceptors (Lipinski definition) is 9. The van der Waals surface area contributed by atoms with Crippen molar-refractivity contribution in [2.45, 2.75) is 62.2 Å². The number of aromatic nitrogens is 4. The van der Waals surface area contributed by atoms with Crippen molar-refractivity contribution >= 4 is 28.4 Å². The van der Waals surface area contributed by atoms with E-state index < -0.39 is 17.5 Å². The Balaban J connectivity index is 1.29. The molecular formula is C31H36F2N8O2. The van der Waals surface area contributed by atoms with Crippen LogP contribution in [0.15, 0.2) is 31.0 Å². The number of rotatable bonds is 8. The molecule has 43 heavy (non-hydrogen) atoms. The molecule has 3 aromatic heterocycles. The van der Waals surface area contributed by atoms with E-state index in [9.17, 15) is 9.18 Å². The van der Waals surface area contributed by atoms with E-state index in [0.717, 1.165) is 37.8 Å². The first-order valence-electron chi connectivity index (χ1n) is 15.1. The average Bonchev–Trinajstić information content (AvgIpc) is 3.45. The van der Waals surface area contributed by atoms with Gasteiger partial charge in [-0.25, -0.2) is 13.8 Å². The van der Waals surface area contributed by atoms with Crippen LogP contribution < -0.4 is 15.4 Å². The number of nitrogens with zero attached hydrogens (tertiary/aromatic N) is 7. The number of alkyl halides is 1. The summed E-state index contributed by atoms with van der Waals surface area (Å²) in [5, 5.41) is 0.423. The van der Waals surface area contributed by atoms with Gasteiger partial charge >= 0.3 is 6.01 Å². The molecule has 0 aromatic carbocycles. The number of pyridine rings is 2. The highest BCUT2D eigenvalue weighted by atomic mass is 19.1. The van der Waals surface area contributed by atoms with Crippen LogP contribution in [0.2, 0.25) is 0 Å². The fourth-order valence-electron chi connectivity index (χ4n) is 7.13. The number of nitrogen functional groups attached to an aromatic ring is 1. The highest BCUT2D eigenvalue weighted by Crippen LogP contribution is 2.45. The molecule has 0 radical (unpaired) electrons. The van der Waals surface area contributed by atoms with Crippen LogP contribution in [0, 0.1) is 5.82 Å². The lowest BCUT2D eigenvalue weighted by molar-refractivity contribution is -0.125. The van der Waals surface area contributed by atoms with E-state index in [-0.39, 0.29) is 41.6 Å². The fourth-order valence-corrected chi connectivity index (χ4v) is 7.13. The topological polar surface area (TPSA) is 114 Å². The molecule has 3 saturated heterocycles. The van der Waals surface area contributed by atoms with Gasteiger partial charge in [0, 0.05) is 45.3 Å². The number of carbonyl (C=O) groups is 1. The van der Waals surface area contributed by atoms with Crippen LogP contribution in [0.5, 0.6) is 6.01 Å². The van der Waals surface area contributed by atoms with Gasteiger partial charge < -0.3 is 20.3 Å². The molecule has 4 fully saturated rings. The third-order valence-corrected chi connectivity index (χ3v) is 9.60. The maximum atomic E-state index is 16.5. The van der Waals surface area contributed by atoms with Crippen LogP contribution in [0.1, 0.15) is 50.0 Å². The molecular weight excluding hydrogens is 554 g/mol. The largest absolute Gasteiger partial charge is 0.461 e. The van der Waals surface area contributed by atoms with Crippen molar-refractivity contribution in [2.24, 2.45) is 0 Å². The number of carbonyl (C=O) groups excluding carboxylic acids is 1. The second kappa shape index (κ2) is 10.7. The minimum atomic E-state index is -0.899. The Labute approximate surface area is 248 Å². The Kier molecular flexibility index (Phi) is 6.91. The summed E-state index contributed by atoms with van der Waals surface area (Å²) >= 11 is 0. The lowest BCUT2D eigenvalue weighted by Gasteiger charge is -2.31. The third kappa shape index (κ3) is 4.95. The molecule has 1 amide bonds. The lowest BCUT2D eigenvalue weighted by Crippen LogP contribution is -2.43. The number of nitrogens with two attached hydrogens (primary N) is 1. The summed E-state index contributed by atoms with van der Waals surface area (Å²) in [6, 6.07) is 3.59. The molecule has 10 nitrogen and oxygen atoms in total. The van der Waals surface area contributed by atoms with Gasteiger partial charge in [-0.15, -0.1) is 0 Å². The lowest BCUT2D eigenvalue weighted by atomic mass is 9.95. The Morgan fingerprint density at radius 1 is 1.21 bits per heavy atom. The highest BCUT2D eigenvalue weighted by molar-refractivity contribution is 5.92. The van der Waals surface area contributed by atoms with E-state index in [1.807, 2.05) is 18.0 Å². The maximum absolute atomic E-state index is 16.5. The van der Waals surface area contributed by atoms with Crippen LogP contribution in [-0.4, -0.2) is 93.2 Å². The molecule has 0 bridgehead atoms. The number of fused-ring (bicyclic) bond motifs is 2. The number of likely N-dealkylation sites (N-methyl/N-ethyl adjacent to an activating group) is 1. The molecule has 1 saturated carbocycles. The van der Waals surface area contributed by atoms with E-state index >= 15 is 4.39 Å². The average molecular weight is 591 g/mol. The molecule has 3 aliphatic heterocycles. The van der Waals surface area contributed by atoms with E-state index in [0.29, 0.717) is 55.3 Å². The zero-order valence-electron chi connectivity index (χ0n) is 24.3. The van der Waals surface area contributed by atoms with Crippen molar-refractivity contribution in [1.29, 1.82) is 0 Å². The summed E-state index contributed by atoms with van der Waals surface area (Å²) in [5.41, 5.74) is 7.10. The summed E-state index contributed by atoms with van der Waals surface area (Å²) < 4.78 is 37.2. The number of ether oxygens (including phenoxy) is 1. The van der Waals surface area contributed by atoms with E-state index in [2.05, 4.69) is 26.4 Å². The minimum Gasteiger partial charge on any atom is -0.461 e. The van der Waals surface area contributed by atoms with Crippen molar-refractivity contribution in [3.63, 3.8) is 0 Å². The van der Waals surface area contributed by atoms with Crippen molar-refractivity contribution in [2.75, 3.05) is 50.5 Å². The molecule has 4 aliphatic rings. The van der Waals surface area contributed by atoms with Crippen LogP contribution in [0.3, 0.4) is 0 Å². The van der Waals surface area contributed by atoms with Crippen molar-refractivity contribution in [1.82, 2.24) is 29.7 Å². The first-order valence-corrected chi connectivity index (χ1v) is 15.1. The molecule has 0 spiro atoms. The Bertz CT molecular complexity index is 1600. The number of anilines is 2. The van der Waals surface area contributed by atoms with Crippen LogP contribution in [0.25, 0.3) is 22.3 Å². The van der Waals surface area contributed by atoms with E-state index in [1.165, 1.54) is 6.08 Å². The van der Waals surface area contributed by atoms with Gasteiger partial charge in [0.15, 0.2) is 5.82 Å². The summed E-state index contributed by atoms with van der Waals surface area (Å²) in [7, 11) is 1.87. The molecule has 1 aliphatic carbocycles. The van der Waals surface area contributed by atoms with Gasteiger partial charge in [0.2, 0.25) is 5.91 Å². The molecule has 3 atom stereocenters. The van der Waals surface area contributed by atoms with Crippen molar-refractivity contribution < 1.29 is 18.3 Å². The zero-order chi connectivity index (χ0) is 29.9. The fraction of sp³-hybridized carbons (Fsp3) is 0.516. The molecule has 6 heterocycles. The molecule has 226 valence electrons. The van der Waals surface area contributed by atoms with Crippen LogP contribution >= 0.6 is 0 Å². The molecule has 3 aromatic rings. The first kappa shape index (κ1) is 27.9. The number of halogens is 2. The Morgan fingerprint density at radius 2 is 2.05 bits per heavy atom. The number of hydrogen-bond donors (Lipinski definition) is 1. The normalized spacial score (nSPS) is 25.3. The SMILES string of the molecule is C=CC(=O)N1CC[C@@H](N(C)c2nc(OC[C@@]34CCCN3C[C@H](F)C4)nc3c(F)c(-c4nc(N)ccc4C4CC4)ncc23)C1. The van der Waals surface area contributed by atoms with E-state index in [1.54, 1.807) is 17.2 Å². The van der Waals surface area contributed by atoms with Gasteiger partial charge in [-0.2, -0.15) is 9.97 Å². The standard InChI is InChI=1S/C31H36F2N8O2/c1-3-24(42)40-12-9-20(16-40)39(2)29-22-14-35-28(27-21(18-5-6-18)7-8-23(34)36-27)25(33)26(22)37-30(38-29)43-17-31-10-4-11-41(31)15-19(32)13-31/h3,7-8,14,18-20H,1,4-6,9-13,15-17H2,2H3,(H2,34,36)/t19-,20-,31+/m1/s1. The van der Waals surface area contributed by atoms with Gasteiger partial charge in [-0.1, -0.05) is 12.6 Å². The number of likely N-dealkylation sites (tertiary alicyclic amines) is 1. The quantitative estimate of drug-likeness (QED) is 0.391. The zero-order valence-corrected chi connectivity index (χ0v) is 24.3. The molecule has 12 heteroatoms. The van der Waals surface area contributed by atoms with Gasteiger partial charge in [0.1, 0.15) is 35.6 Å². The highest BCUT2D eigenvalue weighted by Gasteiger charge is 2.49. The predicted octanol–water partition coefficient (Wildman–Crippen LogP) is 3.86. The van der Waals surface area contributed by atoms with Gasteiger partial charge in [-0.05, 0) is 62.3 Å². The van der Waals surface area contributed by atoms with Crippen molar-refractivity contribution in [3.05, 3.63) is 42.4 Å². The summed E-state index contributed by atoms with van der Waals surface area (Å²) in [6.45, 7) is 6.11. The second-order valence-corrected chi connectivity index (χ2v) is 12.4.